The Kier molecular flexibility index (Phi) is 7.15. The number of benzene rings is 3. The number of nitro groups is 1. The van der Waals surface area contributed by atoms with E-state index >= 15 is 0 Å². The summed E-state index contributed by atoms with van der Waals surface area (Å²) in [5.41, 5.74) is 2.68. The highest BCUT2D eigenvalue weighted by Crippen LogP contribution is 2.38. The van der Waals surface area contributed by atoms with Gasteiger partial charge in [-0.3, -0.25) is 19.7 Å². The summed E-state index contributed by atoms with van der Waals surface area (Å²) in [7, 11) is 0. The zero-order valence-electron chi connectivity index (χ0n) is 18.0. The monoisotopic (exact) mass is 431 g/mol. The van der Waals surface area contributed by atoms with Crippen LogP contribution in [0.1, 0.15) is 65.1 Å². The summed E-state index contributed by atoms with van der Waals surface area (Å²) in [5, 5.41) is 21.1. The Morgan fingerprint density at radius 3 is 1.88 bits per heavy atom. The molecule has 3 aromatic carbocycles. The van der Waals surface area contributed by atoms with Crippen molar-refractivity contribution in [3.05, 3.63) is 111 Å². The number of carboxylic acid groups (broad SMARTS) is 1. The van der Waals surface area contributed by atoms with Crippen LogP contribution in [0.4, 0.5) is 5.69 Å². The lowest BCUT2D eigenvalue weighted by atomic mass is 9.77. The van der Waals surface area contributed by atoms with Crippen LogP contribution in [0.5, 0.6) is 0 Å². The zero-order valence-corrected chi connectivity index (χ0v) is 18.0. The van der Waals surface area contributed by atoms with Crippen LogP contribution >= 0.6 is 0 Å². The number of hydrogen-bond acceptors (Lipinski definition) is 4. The van der Waals surface area contributed by atoms with Gasteiger partial charge in [-0.15, -0.1) is 0 Å². The van der Waals surface area contributed by atoms with Crippen molar-refractivity contribution >= 4 is 17.4 Å². The lowest BCUT2D eigenvalue weighted by Gasteiger charge is -2.25. The normalized spacial score (nSPS) is 12.8. The molecule has 0 saturated carbocycles. The van der Waals surface area contributed by atoms with E-state index in [-0.39, 0.29) is 17.9 Å². The molecule has 0 fully saturated rings. The molecule has 1 N–H and O–H groups in total. The molecule has 6 heteroatoms. The molecule has 3 aromatic rings. The number of nitrogens with zero attached hydrogens (tertiary/aromatic N) is 1. The van der Waals surface area contributed by atoms with Crippen LogP contribution in [0.3, 0.4) is 0 Å². The number of carboxylic acids is 1. The van der Waals surface area contributed by atoms with Crippen LogP contribution < -0.4 is 0 Å². The maximum Gasteiger partial charge on any atom is 0.311 e. The molecule has 0 saturated heterocycles. The van der Waals surface area contributed by atoms with E-state index in [9.17, 15) is 24.8 Å². The number of nitro benzene ring substituents is 1. The van der Waals surface area contributed by atoms with E-state index in [4.69, 9.17) is 0 Å². The van der Waals surface area contributed by atoms with E-state index in [0.717, 1.165) is 11.1 Å². The van der Waals surface area contributed by atoms with Crippen LogP contribution in [-0.4, -0.2) is 21.8 Å². The van der Waals surface area contributed by atoms with Crippen LogP contribution in [0.25, 0.3) is 0 Å². The number of carbonyl (C=O) groups excluding carboxylic acids is 1. The minimum Gasteiger partial charge on any atom is -0.481 e. The standard InChI is InChI=1S/C26H25NO5/c1-17(2)18-8-10-19(11-9-18)23(16-24(28)20-6-4-3-5-7-20)25(26(29)30)21-12-14-22(15-13-21)27(31)32/h3-15,17,23,25H,16H2,1-2H3,(H,29,30)/t23-,25-/m0/s1. The summed E-state index contributed by atoms with van der Waals surface area (Å²) in [6.07, 6.45) is -0.000999. The fourth-order valence-corrected chi connectivity index (χ4v) is 3.85. The predicted octanol–water partition coefficient (Wildman–Crippen LogP) is 5.94. The highest BCUT2D eigenvalue weighted by atomic mass is 16.6. The Morgan fingerprint density at radius 1 is 0.844 bits per heavy atom. The van der Waals surface area contributed by atoms with Crippen LogP contribution in [0, 0.1) is 10.1 Å². The first-order chi connectivity index (χ1) is 15.3. The number of aliphatic carboxylic acids is 1. The summed E-state index contributed by atoms with van der Waals surface area (Å²) in [6.45, 7) is 4.14. The van der Waals surface area contributed by atoms with Gasteiger partial charge in [0.25, 0.3) is 5.69 Å². The van der Waals surface area contributed by atoms with Crippen molar-refractivity contribution in [2.75, 3.05) is 0 Å². The lowest BCUT2D eigenvalue weighted by Crippen LogP contribution is -2.23. The van der Waals surface area contributed by atoms with Crippen LogP contribution in [0.2, 0.25) is 0 Å². The Labute approximate surface area is 186 Å². The van der Waals surface area contributed by atoms with Gasteiger partial charge in [0.15, 0.2) is 5.78 Å². The first-order valence-electron chi connectivity index (χ1n) is 10.4. The van der Waals surface area contributed by atoms with Gasteiger partial charge in [-0.05, 0) is 22.6 Å². The Bertz CT molecular complexity index is 1090. The maximum absolute atomic E-state index is 13.0. The molecule has 0 aliphatic heterocycles. The van der Waals surface area contributed by atoms with Gasteiger partial charge in [-0.1, -0.05) is 80.6 Å². The van der Waals surface area contributed by atoms with Gasteiger partial charge >= 0.3 is 5.97 Å². The smallest absolute Gasteiger partial charge is 0.311 e. The van der Waals surface area contributed by atoms with Gasteiger partial charge in [0.05, 0.1) is 10.8 Å². The summed E-state index contributed by atoms with van der Waals surface area (Å²) < 4.78 is 0. The number of non-ortho nitro benzene ring substituents is 1. The maximum atomic E-state index is 13.0. The Hall–Kier alpha value is -3.80. The minimum atomic E-state index is -1.09. The van der Waals surface area contributed by atoms with E-state index in [1.54, 1.807) is 24.3 Å². The molecular formula is C26H25NO5. The van der Waals surface area contributed by atoms with Crippen molar-refractivity contribution in [2.24, 2.45) is 0 Å². The van der Waals surface area contributed by atoms with Crippen molar-refractivity contribution in [2.45, 2.75) is 38.0 Å². The predicted molar refractivity (Wildman–Crippen MR) is 122 cm³/mol. The van der Waals surface area contributed by atoms with Gasteiger partial charge in [-0.25, -0.2) is 0 Å². The molecule has 0 unspecified atom stereocenters. The van der Waals surface area contributed by atoms with Gasteiger partial charge in [0.1, 0.15) is 0 Å². The lowest BCUT2D eigenvalue weighted by molar-refractivity contribution is -0.384. The molecule has 0 spiro atoms. The van der Waals surface area contributed by atoms with E-state index in [1.807, 2.05) is 30.3 Å². The molecule has 0 bridgehead atoms. The molecule has 0 aliphatic rings. The summed E-state index contributed by atoms with van der Waals surface area (Å²) in [4.78, 5) is 35.9. The summed E-state index contributed by atoms with van der Waals surface area (Å²) >= 11 is 0. The third-order valence-corrected chi connectivity index (χ3v) is 5.66. The van der Waals surface area contributed by atoms with Crippen molar-refractivity contribution in [1.29, 1.82) is 0 Å². The third-order valence-electron chi connectivity index (χ3n) is 5.66. The number of rotatable bonds is 9. The molecule has 3 rings (SSSR count). The van der Waals surface area contributed by atoms with E-state index in [0.29, 0.717) is 17.0 Å². The number of carbonyl (C=O) groups is 2. The Morgan fingerprint density at radius 2 is 1.38 bits per heavy atom. The van der Waals surface area contributed by atoms with Crippen molar-refractivity contribution in [3.63, 3.8) is 0 Å². The molecule has 164 valence electrons. The molecule has 6 nitrogen and oxygen atoms in total. The molecule has 32 heavy (non-hydrogen) atoms. The highest BCUT2D eigenvalue weighted by molar-refractivity contribution is 5.97. The summed E-state index contributed by atoms with van der Waals surface area (Å²) in [6, 6.07) is 21.9. The van der Waals surface area contributed by atoms with E-state index in [1.165, 1.54) is 24.3 Å². The van der Waals surface area contributed by atoms with Crippen molar-refractivity contribution < 1.29 is 19.6 Å². The number of Topliss-reactive ketones (excluding diaryl/α,β-unsaturated/α-hetero) is 1. The molecule has 0 heterocycles. The topological polar surface area (TPSA) is 97.5 Å². The quantitative estimate of drug-likeness (QED) is 0.257. The zero-order chi connectivity index (χ0) is 23.3. The number of ketones is 1. The van der Waals surface area contributed by atoms with Gasteiger partial charge in [0, 0.05) is 30.0 Å². The van der Waals surface area contributed by atoms with Gasteiger partial charge in [0.2, 0.25) is 0 Å². The first kappa shape index (κ1) is 22.9. The second kappa shape index (κ2) is 10.0. The molecule has 0 radical (unpaired) electrons. The largest absolute Gasteiger partial charge is 0.481 e. The SMILES string of the molecule is CC(C)c1ccc([C@H](CC(=O)c2ccccc2)[C@@H](C(=O)O)c2ccc([N+](=O)[O-])cc2)cc1. The molecule has 0 aliphatic carbocycles. The highest BCUT2D eigenvalue weighted by Gasteiger charge is 2.33. The van der Waals surface area contributed by atoms with Crippen LogP contribution in [0.15, 0.2) is 78.9 Å². The summed E-state index contributed by atoms with van der Waals surface area (Å²) in [5.74, 6) is -2.59. The van der Waals surface area contributed by atoms with Crippen LogP contribution in [-0.2, 0) is 4.79 Å². The molecular weight excluding hydrogens is 406 g/mol. The second-order valence-corrected chi connectivity index (χ2v) is 8.09. The first-order valence-corrected chi connectivity index (χ1v) is 10.4. The second-order valence-electron chi connectivity index (χ2n) is 8.09. The van der Waals surface area contributed by atoms with Gasteiger partial charge in [-0.2, -0.15) is 0 Å². The van der Waals surface area contributed by atoms with Crippen molar-refractivity contribution in [3.8, 4) is 0 Å². The molecule has 0 amide bonds. The minimum absolute atomic E-state index is 0.000999. The number of hydrogen-bond donors (Lipinski definition) is 1. The molecule has 2 atom stereocenters. The fourth-order valence-electron chi connectivity index (χ4n) is 3.85. The fraction of sp³-hybridized carbons (Fsp3) is 0.231. The van der Waals surface area contributed by atoms with E-state index < -0.39 is 22.7 Å². The average Bonchev–Trinajstić information content (AvgIpc) is 2.79. The van der Waals surface area contributed by atoms with Crippen molar-refractivity contribution in [1.82, 2.24) is 0 Å². The van der Waals surface area contributed by atoms with E-state index in [2.05, 4.69) is 13.8 Å². The third kappa shape index (κ3) is 5.27. The molecule has 0 aromatic heterocycles. The van der Waals surface area contributed by atoms with Gasteiger partial charge < -0.3 is 5.11 Å². The Balaban J connectivity index is 2.04. The average molecular weight is 431 g/mol.